The van der Waals surface area contributed by atoms with Crippen molar-refractivity contribution in [1.29, 1.82) is 0 Å². The standard InChI is InChI=1S/C26H32N4O4/c1-17-26(32)29(2)23-8-7-21(13-24(23)30(17)22-9-11-33-12-10-22)28-20-5-3-19(4-6-20)25(31)27-14-18-15-34-16-18/h3-8,13,17-18,22,28H,9-12,14-16H2,1-2H3,(H,27,31). The van der Waals surface area contributed by atoms with E-state index in [-0.39, 0.29) is 23.9 Å². The molecule has 0 aromatic heterocycles. The van der Waals surface area contributed by atoms with E-state index in [1.165, 1.54) is 0 Å². The van der Waals surface area contributed by atoms with Crippen LogP contribution >= 0.6 is 0 Å². The number of amides is 2. The summed E-state index contributed by atoms with van der Waals surface area (Å²) < 4.78 is 10.7. The molecule has 3 aliphatic rings. The van der Waals surface area contributed by atoms with Gasteiger partial charge in [0.1, 0.15) is 6.04 Å². The van der Waals surface area contributed by atoms with Crippen molar-refractivity contribution in [3.8, 4) is 0 Å². The highest BCUT2D eigenvalue weighted by Gasteiger charge is 2.38. The zero-order chi connectivity index (χ0) is 23.7. The minimum Gasteiger partial charge on any atom is -0.381 e. The van der Waals surface area contributed by atoms with Crippen molar-refractivity contribution in [2.24, 2.45) is 5.92 Å². The molecule has 180 valence electrons. The number of ether oxygens (including phenoxy) is 2. The minimum atomic E-state index is -0.222. The van der Waals surface area contributed by atoms with Gasteiger partial charge in [-0.1, -0.05) is 0 Å². The average Bonchev–Trinajstić information content (AvgIpc) is 2.83. The van der Waals surface area contributed by atoms with Crippen LogP contribution in [-0.4, -0.2) is 63.9 Å². The minimum absolute atomic E-state index is 0.0685. The quantitative estimate of drug-likeness (QED) is 0.684. The van der Waals surface area contributed by atoms with E-state index in [0.717, 1.165) is 62.0 Å². The summed E-state index contributed by atoms with van der Waals surface area (Å²) in [6.07, 6.45) is 1.82. The van der Waals surface area contributed by atoms with Gasteiger partial charge in [-0.05, 0) is 62.2 Å². The summed E-state index contributed by atoms with van der Waals surface area (Å²) in [5.74, 6) is 0.464. The highest BCUT2D eigenvalue weighted by Crippen LogP contribution is 2.40. The van der Waals surface area contributed by atoms with E-state index in [1.807, 2.05) is 50.4 Å². The van der Waals surface area contributed by atoms with Crippen molar-refractivity contribution in [3.63, 3.8) is 0 Å². The lowest BCUT2D eigenvalue weighted by atomic mass is 9.99. The topological polar surface area (TPSA) is 83.1 Å². The predicted molar refractivity (Wildman–Crippen MR) is 132 cm³/mol. The second kappa shape index (κ2) is 9.64. The highest BCUT2D eigenvalue weighted by atomic mass is 16.5. The van der Waals surface area contributed by atoms with Crippen molar-refractivity contribution >= 4 is 34.6 Å². The Bertz CT molecular complexity index is 1050. The van der Waals surface area contributed by atoms with E-state index in [0.29, 0.717) is 18.0 Å². The summed E-state index contributed by atoms with van der Waals surface area (Å²) in [6, 6.07) is 13.6. The number of nitrogens with one attached hydrogen (secondary N) is 2. The van der Waals surface area contributed by atoms with E-state index < -0.39 is 0 Å². The summed E-state index contributed by atoms with van der Waals surface area (Å²) in [5.41, 5.74) is 4.45. The molecule has 8 heteroatoms. The van der Waals surface area contributed by atoms with Crippen molar-refractivity contribution in [3.05, 3.63) is 48.0 Å². The molecular weight excluding hydrogens is 432 g/mol. The third-order valence-corrected chi connectivity index (χ3v) is 7.00. The van der Waals surface area contributed by atoms with Gasteiger partial charge < -0.3 is 29.9 Å². The van der Waals surface area contributed by atoms with Crippen LogP contribution in [0.3, 0.4) is 0 Å². The molecular formula is C26H32N4O4. The van der Waals surface area contributed by atoms with Crippen molar-refractivity contribution in [2.75, 3.05) is 55.1 Å². The van der Waals surface area contributed by atoms with Gasteiger partial charge in [-0.2, -0.15) is 0 Å². The summed E-state index contributed by atoms with van der Waals surface area (Å²) in [7, 11) is 1.84. The molecule has 1 unspecified atom stereocenters. The third-order valence-electron chi connectivity index (χ3n) is 7.00. The molecule has 5 rings (SSSR count). The van der Waals surface area contributed by atoms with Crippen molar-refractivity contribution < 1.29 is 19.1 Å². The first kappa shape index (κ1) is 22.7. The molecule has 8 nitrogen and oxygen atoms in total. The third kappa shape index (κ3) is 4.48. The number of anilines is 4. The predicted octanol–water partition coefficient (Wildman–Crippen LogP) is 3.16. The Morgan fingerprint density at radius 1 is 1.00 bits per heavy atom. The molecule has 0 aliphatic carbocycles. The maximum Gasteiger partial charge on any atom is 0.251 e. The van der Waals surface area contributed by atoms with Gasteiger partial charge in [0.15, 0.2) is 0 Å². The Balaban J connectivity index is 1.32. The van der Waals surface area contributed by atoms with Crippen LogP contribution in [0.25, 0.3) is 0 Å². The summed E-state index contributed by atoms with van der Waals surface area (Å²) in [4.78, 5) is 29.3. The number of likely N-dealkylation sites (N-methyl/N-ethyl adjacent to an activating group) is 1. The Hall–Kier alpha value is -3.10. The number of nitrogens with zero attached hydrogens (tertiary/aromatic N) is 2. The lowest BCUT2D eigenvalue weighted by Crippen LogP contribution is -2.55. The van der Waals surface area contributed by atoms with Crippen molar-refractivity contribution in [2.45, 2.75) is 31.8 Å². The maximum absolute atomic E-state index is 12.9. The molecule has 0 saturated carbocycles. The number of rotatable bonds is 6. The molecule has 2 aromatic carbocycles. The largest absolute Gasteiger partial charge is 0.381 e. The SMILES string of the molecule is CC1C(=O)N(C)c2ccc(Nc3ccc(C(=O)NCC4COC4)cc3)cc2N1C1CCOCC1. The zero-order valence-electron chi connectivity index (χ0n) is 19.8. The van der Waals surface area contributed by atoms with Gasteiger partial charge in [-0.25, -0.2) is 0 Å². The normalized spacial score (nSPS) is 21.1. The van der Waals surface area contributed by atoms with Crippen LogP contribution in [0, 0.1) is 5.92 Å². The number of hydrogen-bond acceptors (Lipinski definition) is 6. The second-order valence-electron chi connectivity index (χ2n) is 9.34. The monoisotopic (exact) mass is 464 g/mol. The number of fused-ring (bicyclic) bond motifs is 1. The molecule has 0 bridgehead atoms. The smallest absolute Gasteiger partial charge is 0.251 e. The van der Waals surface area contributed by atoms with Crippen LogP contribution in [0.2, 0.25) is 0 Å². The number of carbonyl (C=O) groups is 2. The van der Waals surface area contributed by atoms with Crippen LogP contribution in [0.1, 0.15) is 30.1 Å². The molecule has 0 spiro atoms. The lowest BCUT2D eigenvalue weighted by molar-refractivity contribution is -0.119. The molecule has 2 aromatic rings. The van der Waals surface area contributed by atoms with E-state index in [4.69, 9.17) is 9.47 Å². The van der Waals surface area contributed by atoms with E-state index in [1.54, 1.807) is 4.90 Å². The molecule has 2 amide bonds. The van der Waals surface area contributed by atoms with Gasteiger partial charge in [0.25, 0.3) is 5.91 Å². The first-order chi connectivity index (χ1) is 16.5. The molecule has 34 heavy (non-hydrogen) atoms. The second-order valence-corrected chi connectivity index (χ2v) is 9.34. The van der Waals surface area contributed by atoms with Gasteiger partial charge in [0.05, 0.1) is 24.6 Å². The van der Waals surface area contributed by atoms with Gasteiger partial charge in [0.2, 0.25) is 5.91 Å². The molecule has 0 radical (unpaired) electrons. The average molecular weight is 465 g/mol. The zero-order valence-corrected chi connectivity index (χ0v) is 19.8. The van der Waals surface area contributed by atoms with Gasteiger partial charge in [0, 0.05) is 55.7 Å². The van der Waals surface area contributed by atoms with Crippen LogP contribution in [-0.2, 0) is 14.3 Å². The lowest BCUT2D eigenvalue weighted by Gasteiger charge is -2.45. The summed E-state index contributed by atoms with van der Waals surface area (Å²) >= 11 is 0. The summed E-state index contributed by atoms with van der Waals surface area (Å²) in [6.45, 7) is 5.52. The molecule has 3 aliphatic heterocycles. The highest BCUT2D eigenvalue weighted by molar-refractivity contribution is 6.05. The number of carbonyl (C=O) groups excluding carboxylic acids is 2. The van der Waals surface area contributed by atoms with Gasteiger partial charge in [-0.3, -0.25) is 9.59 Å². The maximum atomic E-state index is 12.9. The number of hydrogen-bond donors (Lipinski definition) is 2. The van der Waals surface area contributed by atoms with Crippen LogP contribution in [0.15, 0.2) is 42.5 Å². The fourth-order valence-electron chi connectivity index (χ4n) is 4.91. The number of benzene rings is 2. The van der Waals surface area contributed by atoms with Crippen LogP contribution < -0.4 is 20.4 Å². The Morgan fingerprint density at radius 2 is 1.71 bits per heavy atom. The van der Waals surface area contributed by atoms with Gasteiger partial charge >= 0.3 is 0 Å². The first-order valence-corrected chi connectivity index (χ1v) is 12.0. The molecule has 2 N–H and O–H groups in total. The fourth-order valence-corrected chi connectivity index (χ4v) is 4.91. The Labute approximate surface area is 200 Å². The Kier molecular flexibility index (Phi) is 6.43. The Morgan fingerprint density at radius 3 is 2.38 bits per heavy atom. The fraction of sp³-hybridized carbons (Fsp3) is 0.462. The molecule has 3 heterocycles. The first-order valence-electron chi connectivity index (χ1n) is 12.0. The van der Waals surface area contributed by atoms with Crippen molar-refractivity contribution in [1.82, 2.24) is 5.32 Å². The van der Waals surface area contributed by atoms with Gasteiger partial charge in [-0.15, -0.1) is 0 Å². The van der Waals surface area contributed by atoms with Crippen LogP contribution in [0.4, 0.5) is 22.7 Å². The van der Waals surface area contributed by atoms with E-state index in [9.17, 15) is 9.59 Å². The molecule has 1 atom stereocenters. The summed E-state index contributed by atoms with van der Waals surface area (Å²) in [5, 5.41) is 6.42. The molecule has 2 fully saturated rings. The van der Waals surface area contributed by atoms with E-state index >= 15 is 0 Å². The van der Waals surface area contributed by atoms with Crippen LogP contribution in [0.5, 0.6) is 0 Å². The van der Waals surface area contributed by atoms with E-state index in [2.05, 4.69) is 21.6 Å². The molecule has 2 saturated heterocycles.